The molecule has 3 N–H and O–H groups in total. The Bertz CT molecular complexity index is 330. The average molecular weight is 210 g/mol. The third kappa shape index (κ3) is 3.27. The van der Waals surface area contributed by atoms with Crippen LogP contribution in [0.4, 0.5) is 5.69 Å². The van der Waals surface area contributed by atoms with Crippen LogP contribution in [0.15, 0.2) is 6.20 Å². The normalized spacial score (nSPS) is 10.8. The molecule has 0 bridgehead atoms. The predicted octanol–water partition coefficient (Wildman–Crippen LogP) is 1.37. The Morgan fingerprint density at radius 2 is 2.00 bits per heavy atom. The van der Waals surface area contributed by atoms with Crippen LogP contribution in [0.5, 0.6) is 0 Å². The van der Waals surface area contributed by atoms with Crippen LogP contribution in [-0.4, -0.2) is 28.2 Å². The molecular formula is C10H18N4O. The van der Waals surface area contributed by atoms with Gasteiger partial charge >= 0.3 is 0 Å². The number of amides is 1. The van der Waals surface area contributed by atoms with Crippen molar-refractivity contribution >= 4 is 11.6 Å². The fraction of sp³-hybridized carbons (Fsp3) is 0.600. The van der Waals surface area contributed by atoms with Crippen molar-refractivity contribution in [2.45, 2.75) is 39.8 Å². The van der Waals surface area contributed by atoms with Gasteiger partial charge in [0.2, 0.25) is 0 Å². The minimum absolute atomic E-state index is 0.118. The number of carbonyl (C=O) groups excluding carboxylic acids is 1. The molecule has 0 fully saturated rings. The monoisotopic (exact) mass is 210 g/mol. The molecule has 0 spiro atoms. The highest BCUT2D eigenvalue weighted by Gasteiger charge is 2.14. The summed E-state index contributed by atoms with van der Waals surface area (Å²) in [6, 6.07) is 0.390. The molecule has 1 rings (SSSR count). The maximum Gasteiger partial charge on any atom is 0.271 e. The molecule has 0 radical (unpaired) electrons. The molecule has 0 saturated carbocycles. The third-order valence-electron chi connectivity index (χ3n) is 1.73. The van der Waals surface area contributed by atoms with E-state index in [1.165, 1.54) is 0 Å². The molecule has 0 aromatic carbocycles. The number of hydrogen-bond donors (Lipinski definition) is 3. The first-order valence-corrected chi connectivity index (χ1v) is 5.11. The van der Waals surface area contributed by atoms with Gasteiger partial charge in [-0.05, 0) is 27.7 Å². The summed E-state index contributed by atoms with van der Waals surface area (Å²) in [6.07, 6.45) is 1.62. The van der Waals surface area contributed by atoms with Crippen molar-refractivity contribution < 1.29 is 4.79 Å². The number of aromatic amines is 1. The number of rotatable bonds is 4. The molecule has 1 aromatic rings. The number of H-pyrrole nitrogens is 1. The van der Waals surface area contributed by atoms with Crippen LogP contribution in [0.1, 0.15) is 38.2 Å². The highest BCUT2D eigenvalue weighted by molar-refractivity contribution is 5.97. The van der Waals surface area contributed by atoms with Gasteiger partial charge in [-0.2, -0.15) is 5.10 Å². The zero-order valence-electron chi connectivity index (χ0n) is 9.59. The van der Waals surface area contributed by atoms with Crippen LogP contribution in [0, 0.1) is 0 Å². The van der Waals surface area contributed by atoms with Gasteiger partial charge in [-0.15, -0.1) is 0 Å². The van der Waals surface area contributed by atoms with E-state index in [2.05, 4.69) is 20.8 Å². The van der Waals surface area contributed by atoms with E-state index in [9.17, 15) is 4.79 Å². The molecule has 1 aromatic heterocycles. The van der Waals surface area contributed by atoms with Gasteiger partial charge < -0.3 is 10.6 Å². The summed E-state index contributed by atoms with van der Waals surface area (Å²) in [5.74, 6) is -0.134. The number of aromatic nitrogens is 2. The van der Waals surface area contributed by atoms with Gasteiger partial charge in [-0.3, -0.25) is 9.89 Å². The lowest BCUT2D eigenvalue weighted by atomic mass is 10.3. The molecule has 0 saturated heterocycles. The van der Waals surface area contributed by atoms with E-state index >= 15 is 0 Å². The van der Waals surface area contributed by atoms with E-state index in [0.29, 0.717) is 5.69 Å². The maximum absolute atomic E-state index is 11.7. The molecule has 0 atom stereocenters. The highest BCUT2D eigenvalue weighted by atomic mass is 16.2. The molecule has 5 heteroatoms. The molecule has 5 nitrogen and oxygen atoms in total. The molecule has 0 aliphatic rings. The number of carbonyl (C=O) groups is 1. The second kappa shape index (κ2) is 4.82. The summed E-state index contributed by atoms with van der Waals surface area (Å²) in [7, 11) is 0. The lowest BCUT2D eigenvalue weighted by Crippen LogP contribution is -2.31. The topological polar surface area (TPSA) is 69.8 Å². The summed E-state index contributed by atoms with van der Waals surface area (Å²) in [5.41, 5.74) is 1.22. The lowest BCUT2D eigenvalue weighted by molar-refractivity contribution is 0.0939. The van der Waals surface area contributed by atoms with Crippen LogP contribution in [0.3, 0.4) is 0 Å². The molecule has 0 aliphatic heterocycles. The van der Waals surface area contributed by atoms with Crippen molar-refractivity contribution in [2.24, 2.45) is 0 Å². The molecule has 15 heavy (non-hydrogen) atoms. The van der Waals surface area contributed by atoms with Gasteiger partial charge in [-0.25, -0.2) is 0 Å². The van der Waals surface area contributed by atoms with E-state index in [-0.39, 0.29) is 18.0 Å². The number of nitrogens with one attached hydrogen (secondary N) is 3. The quantitative estimate of drug-likeness (QED) is 0.703. The molecule has 84 valence electrons. The van der Waals surface area contributed by atoms with Crippen molar-refractivity contribution in [2.75, 3.05) is 5.32 Å². The van der Waals surface area contributed by atoms with Gasteiger partial charge in [0.1, 0.15) is 5.69 Å². The summed E-state index contributed by atoms with van der Waals surface area (Å²) >= 11 is 0. The Balaban J connectivity index is 2.76. The Hall–Kier alpha value is -1.52. The summed E-state index contributed by atoms with van der Waals surface area (Å²) in [6.45, 7) is 7.86. The Morgan fingerprint density at radius 1 is 1.33 bits per heavy atom. The SMILES string of the molecule is CC(C)NC(=O)c1[nH]ncc1NC(C)C. The van der Waals surface area contributed by atoms with Crippen LogP contribution in [-0.2, 0) is 0 Å². The largest absolute Gasteiger partial charge is 0.380 e. The van der Waals surface area contributed by atoms with Gasteiger partial charge in [0.15, 0.2) is 0 Å². The molecule has 1 heterocycles. The zero-order valence-corrected chi connectivity index (χ0v) is 9.59. The molecule has 1 amide bonds. The summed E-state index contributed by atoms with van der Waals surface area (Å²) in [4.78, 5) is 11.7. The minimum Gasteiger partial charge on any atom is -0.380 e. The van der Waals surface area contributed by atoms with Crippen LogP contribution >= 0.6 is 0 Å². The number of anilines is 1. The van der Waals surface area contributed by atoms with Crippen LogP contribution < -0.4 is 10.6 Å². The van der Waals surface area contributed by atoms with Gasteiger partial charge in [0.25, 0.3) is 5.91 Å². The van der Waals surface area contributed by atoms with Crippen molar-refractivity contribution in [1.29, 1.82) is 0 Å². The number of hydrogen-bond acceptors (Lipinski definition) is 3. The number of nitrogens with zero attached hydrogens (tertiary/aromatic N) is 1. The summed E-state index contributed by atoms with van der Waals surface area (Å²) in [5, 5.41) is 12.5. The van der Waals surface area contributed by atoms with Gasteiger partial charge in [0, 0.05) is 12.1 Å². The Labute approximate surface area is 89.6 Å². The fourth-order valence-electron chi connectivity index (χ4n) is 1.21. The first-order chi connectivity index (χ1) is 7.00. The van der Waals surface area contributed by atoms with E-state index < -0.39 is 0 Å². The van der Waals surface area contributed by atoms with Crippen molar-refractivity contribution in [1.82, 2.24) is 15.5 Å². The van der Waals surface area contributed by atoms with E-state index in [0.717, 1.165) is 5.69 Å². The van der Waals surface area contributed by atoms with E-state index in [1.54, 1.807) is 6.20 Å². The van der Waals surface area contributed by atoms with E-state index in [1.807, 2.05) is 27.7 Å². The first kappa shape index (κ1) is 11.6. The van der Waals surface area contributed by atoms with Gasteiger partial charge in [0.05, 0.1) is 11.9 Å². The van der Waals surface area contributed by atoms with Crippen molar-refractivity contribution in [3.8, 4) is 0 Å². The lowest BCUT2D eigenvalue weighted by Gasteiger charge is -2.11. The fourth-order valence-corrected chi connectivity index (χ4v) is 1.21. The first-order valence-electron chi connectivity index (χ1n) is 5.11. The maximum atomic E-state index is 11.7. The molecule has 0 aliphatic carbocycles. The zero-order chi connectivity index (χ0) is 11.4. The summed E-state index contributed by atoms with van der Waals surface area (Å²) < 4.78 is 0. The minimum atomic E-state index is -0.134. The standard InChI is InChI=1S/C10H18N4O/c1-6(2)12-8-5-11-14-9(8)10(15)13-7(3)4/h5-7,12H,1-4H3,(H,11,14)(H,13,15). The van der Waals surface area contributed by atoms with Crippen molar-refractivity contribution in [3.63, 3.8) is 0 Å². The second-order valence-electron chi connectivity index (χ2n) is 4.09. The third-order valence-corrected chi connectivity index (χ3v) is 1.73. The highest BCUT2D eigenvalue weighted by Crippen LogP contribution is 2.12. The van der Waals surface area contributed by atoms with Crippen molar-refractivity contribution in [3.05, 3.63) is 11.9 Å². The van der Waals surface area contributed by atoms with Gasteiger partial charge in [-0.1, -0.05) is 0 Å². The second-order valence-corrected chi connectivity index (χ2v) is 4.09. The van der Waals surface area contributed by atoms with Crippen LogP contribution in [0.25, 0.3) is 0 Å². The molecular weight excluding hydrogens is 192 g/mol. The Morgan fingerprint density at radius 3 is 2.53 bits per heavy atom. The predicted molar refractivity (Wildman–Crippen MR) is 59.9 cm³/mol. The molecule has 0 unspecified atom stereocenters. The smallest absolute Gasteiger partial charge is 0.271 e. The van der Waals surface area contributed by atoms with E-state index in [4.69, 9.17) is 0 Å². The average Bonchev–Trinajstić information content (AvgIpc) is 2.49. The Kier molecular flexibility index (Phi) is 3.71. The van der Waals surface area contributed by atoms with Crippen LogP contribution in [0.2, 0.25) is 0 Å².